The van der Waals surface area contributed by atoms with Gasteiger partial charge in [-0.1, -0.05) is 6.92 Å². The lowest BCUT2D eigenvalue weighted by Crippen LogP contribution is -2.41. The normalized spacial score (nSPS) is 17.0. The molecule has 0 bridgehead atoms. The zero-order valence-electron chi connectivity index (χ0n) is 13.3. The second kappa shape index (κ2) is 8.65. The van der Waals surface area contributed by atoms with E-state index < -0.39 is 0 Å². The van der Waals surface area contributed by atoms with Crippen LogP contribution in [-0.4, -0.2) is 66.2 Å². The fourth-order valence-electron chi connectivity index (χ4n) is 2.12. The van der Waals surface area contributed by atoms with Crippen LogP contribution in [0.15, 0.2) is 12.4 Å². The number of nitrogens with one attached hydrogen (secondary N) is 2. The van der Waals surface area contributed by atoms with Crippen molar-refractivity contribution in [3.63, 3.8) is 0 Å². The predicted molar refractivity (Wildman–Crippen MR) is 85.0 cm³/mol. The van der Waals surface area contributed by atoms with E-state index in [9.17, 15) is 4.79 Å². The third-order valence-electron chi connectivity index (χ3n) is 3.71. The molecular weight excluding hydrogens is 282 g/mol. The molecule has 1 amide bonds. The average Bonchev–Trinajstić information content (AvgIpc) is 2.56. The third kappa shape index (κ3) is 5.23. The van der Waals surface area contributed by atoms with Crippen LogP contribution in [-0.2, 0) is 4.74 Å². The van der Waals surface area contributed by atoms with Gasteiger partial charge in [0, 0.05) is 32.2 Å². The van der Waals surface area contributed by atoms with Crippen LogP contribution in [0, 0.1) is 0 Å². The summed E-state index contributed by atoms with van der Waals surface area (Å²) in [7, 11) is 0. The summed E-state index contributed by atoms with van der Waals surface area (Å²) in [6, 6.07) is 0.336. The van der Waals surface area contributed by atoms with Crippen molar-refractivity contribution < 1.29 is 9.53 Å². The van der Waals surface area contributed by atoms with Gasteiger partial charge in [0.2, 0.25) is 0 Å². The summed E-state index contributed by atoms with van der Waals surface area (Å²) in [6.45, 7) is 8.99. The van der Waals surface area contributed by atoms with E-state index in [0.717, 1.165) is 39.3 Å². The molecule has 22 heavy (non-hydrogen) atoms. The highest BCUT2D eigenvalue weighted by Gasteiger charge is 2.12. The van der Waals surface area contributed by atoms with Gasteiger partial charge >= 0.3 is 0 Å². The quantitative estimate of drug-likeness (QED) is 0.774. The molecule has 1 aromatic heterocycles. The minimum atomic E-state index is -0.184. The lowest BCUT2D eigenvalue weighted by Gasteiger charge is -2.26. The Labute approximate surface area is 131 Å². The number of carbonyl (C=O) groups excluding carboxylic acids is 1. The van der Waals surface area contributed by atoms with Crippen molar-refractivity contribution in [1.29, 1.82) is 0 Å². The zero-order chi connectivity index (χ0) is 15.8. The number of nitrogens with zero attached hydrogens (tertiary/aromatic N) is 3. The van der Waals surface area contributed by atoms with E-state index in [1.54, 1.807) is 6.20 Å². The van der Waals surface area contributed by atoms with E-state index in [2.05, 4.69) is 39.3 Å². The van der Waals surface area contributed by atoms with Crippen molar-refractivity contribution in [2.75, 3.05) is 44.7 Å². The summed E-state index contributed by atoms with van der Waals surface area (Å²) in [6.07, 6.45) is 4.11. The van der Waals surface area contributed by atoms with E-state index in [0.29, 0.717) is 24.1 Å². The minimum absolute atomic E-state index is 0.184. The topological polar surface area (TPSA) is 79.4 Å². The van der Waals surface area contributed by atoms with Gasteiger partial charge in [0.1, 0.15) is 11.5 Å². The van der Waals surface area contributed by atoms with Crippen LogP contribution >= 0.6 is 0 Å². The number of hydrogen-bond donors (Lipinski definition) is 2. The molecule has 1 aliphatic heterocycles. The van der Waals surface area contributed by atoms with Crippen LogP contribution < -0.4 is 10.6 Å². The molecule has 122 valence electrons. The van der Waals surface area contributed by atoms with Gasteiger partial charge in [0.15, 0.2) is 0 Å². The average molecular weight is 307 g/mol. The first-order valence-corrected chi connectivity index (χ1v) is 7.86. The maximum absolute atomic E-state index is 12.0. The number of aromatic nitrogens is 2. The largest absolute Gasteiger partial charge is 0.379 e. The molecule has 2 N–H and O–H groups in total. The molecule has 0 radical (unpaired) electrons. The lowest BCUT2D eigenvalue weighted by atomic mass is 10.3. The Morgan fingerprint density at radius 2 is 2.14 bits per heavy atom. The molecule has 0 saturated carbocycles. The van der Waals surface area contributed by atoms with Crippen LogP contribution in [0.1, 0.15) is 30.8 Å². The molecule has 0 aromatic carbocycles. The highest BCUT2D eigenvalue weighted by atomic mass is 16.5. The fourth-order valence-corrected chi connectivity index (χ4v) is 2.12. The van der Waals surface area contributed by atoms with Crippen molar-refractivity contribution in [3.8, 4) is 0 Å². The Hall–Kier alpha value is -1.73. The summed E-state index contributed by atoms with van der Waals surface area (Å²) in [5.41, 5.74) is 0.344. The summed E-state index contributed by atoms with van der Waals surface area (Å²) in [5, 5.41) is 6.09. The number of amides is 1. The predicted octanol–water partition coefficient (Wildman–Crippen LogP) is 0.749. The Balaban J connectivity index is 1.74. The molecule has 1 unspecified atom stereocenters. The number of anilines is 1. The molecule has 7 heteroatoms. The van der Waals surface area contributed by atoms with Gasteiger partial charge in [0.25, 0.3) is 5.91 Å². The van der Waals surface area contributed by atoms with Gasteiger partial charge in [-0.2, -0.15) is 0 Å². The number of hydrogen-bond acceptors (Lipinski definition) is 6. The Kier molecular flexibility index (Phi) is 6.54. The van der Waals surface area contributed by atoms with Crippen LogP contribution in [0.4, 0.5) is 5.82 Å². The van der Waals surface area contributed by atoms with E-state index in [1.807, 2.05) is 0 Å². The highest BCUT2D eigenvalue weighted by molar-refractivity contribution is 5.91. The summed E-state index contributed by atoms with van der Waals surface area (Å²) >= 11 is 0. The highest BCUT2D eigenvalue weighted by Crippen LogP contribution is 2.05. The first-order valence-electron chi connectivity index (χ1n) is 7.86. The second-order valence-corrected chi connectivity index (χ2v) is 5.45. The Bertz CT molecular complexity index is 460. The van der Waals surface area contributed by atoms with Gasteiger partial charge in [0.05, 0.1) is 25.6 Å². The Morgan fingerprint density at radius 1 is 1.36 bits per heavy atom. The lowest BCUT2D eigenvalue weighted by molar-refractivity contribution is 0.0383. The van der Waals surface area contributed by atoms with E-state index in [1.165, 1.54) is 6.20 Å². The molecular formula is C15H25N5O2. The number of ether oxygens (including phenoxy) is 1. The molecule has 2 rings (SSSR count). The number of rotatable bonds is 7. The van der Waals surface area contributed by atoms with Gasteiger partial charge in [-0.25, -0.2) is 9.97 Å². The first-order chi connectivity index (χ1) is 10.7. The van der Waals surface area contributed by atoms with Crippen molar-refractivity contribution in [2.45, 2.75) is 26.3 Å². The molecule has 1 atom stereocenters. The van der Waals surface area contributed by atoms with E-state index in [-0.39, 0.29) is 5.91 Å². The molecule has 1 aromatic rings. The second-order valence-electron chi connectivity index (χ2n) is 5.45. The number of morpholine rings is 1. The van der Waals surface area contributed by atoms with Crippen molar-refractivity contribution >= 4 is 11.7 Å². The van der Waals surface area contributed by atoms with Crippen molar-refractivity contribution in [2.24, 2.45) is 0 Å². The van der Waals surface area contributed by atoms with Gasteiger partial charge in [-0.05, 0) is 13.3 Å². The summed E-state index contributed by atoms with van der Waals surface area (Å²) < 4.78 is 5.29. The third-order valence-corrected chi connectivity index (χ3v) is 3.71. The van der Waals surface area contributed by atoms with E-state index >= 15 is 0 Å². The van der Waals surface area contributed by atoms with Crippen LogP contribution in [0.5, 0.6) is 0 Å². The first kappa shape index (κ1) is 16.6. The van der Waals surface area contributed by atoms with Crippen LogP contribution in [0.3, 0.4) is 0 Å². The molecule has 2 heterocycles. The van der Waals surface area contributed by atoms with Crippen LogP contribution in [0.25, 0.3) is 0 Å². The van der Waals surface area contributed by atoms with Crippen LogP contribution in [0.2, 0.25) is 0 Å². The molecule has 1 aliphatic rings. The smallest absolute Gasteiger partial charge is 0.271 e. The zero-order valence-corrected chi connectivity index (χ0v) is 13.3. The van der Waals surface area contributed by atoms with Gasteiger partial charge in [-0.3, -0.25) is 9.69 Å². The maximum atomic E-state index is 12.0. The SMILES string of the molecule is CCC(C)Nc1cnc(C(=O)NCCN2CCOCC2)cn1. The van der Waals surface area contributed by atoms with Gasteiger partial charge < -0.3 is 15.4 Å². The van der Waals surface area contributed by atoms with Crippen molar-refractivity contribution in [3.05, 3.63) is 18.1 Å². The monoisotopic (exact) mass is 307 g/mol. The maximum Gasteiger partial charge on any atom is 0.271 e. The fraction of sp³-hybridized carbons (Fsp3) is 0.667. The molecule has 0 spiro atoms. The van der Waals surface area contributed by atoms with E-state index in [4.69, 9.17) is 4.74 Å². The molecule has 1 saturated heterocycles. The van der Waals surface area contributed by atoms with Crippen molar-refractivity contribution in [1.82, 2.24) is 20.2 Å². The standard InChI is InChI=1S/C15H25N5O2/c1-3-12(2)19-14-11-17-13(10-18-14)15(21)16-4-5-20-6-8-22-9-7-20/h10-12H,3-9H2,1-2H3,(H,16,21)(H,18,19). The minimum Gasteiger partial charge on any atom is -0.379 e. The summed E-state index contributed by atoms with van der Waals surface area (Å²) in [5.74, 6) is 0.509. The molecule has 1 fully saturated rings. The number of carbonyl (C=O) groups is 1. The molecule has 0 aliphatic carbocycles. The van der Waals surface area contributed by atoms with Gasteiger partial charge in [-0.15, -0.1) is 0 Å². The summed E-state index contributed by atoms with van der Waals surface area (Å²) in [4.78, 5) is 22.7. The Morgan fingerprint density at radius 3 is 2.77 bits per heavy atom. The molecule has 7 nitrogen and oxygen atoms in total.